The van der Waals surface area contributed by atoms with Crippen LogP contribution in [0.25, 0.3) is 0 Å². The SMILES string of the molecule is CC(C)n1nccc1NC(=O)CN1CCN(c2ncccn2)CC1. The summed E-state index contributed by atoms with van der Waals surface area (Å²) in [5.41, 5.74) is 0. The number of aromatic nitrogens is 4. The average Bonchev–Trinajstić information content (AvgIpc) is 3.04. The van der Waals surface area contributed by atoms with Gasteiger partial charge in [0.2, 0.25) is 11.9 Å². The molecule has 1 saturated heterocycles. The molecule has 0 bridgehead atoms. The van der Waals surface area contributed by atoms with Gasteiger partial charge in [-0.15, -0.1) is 0 Å². The van der Waals surface area contributed by atoms with Crippen molar-refractivity contribution in [3.05, 3.63) is 30.7 Å². The Morgan fingerprint density at radius 2 is 1.88 bits per heavy atom. The minimum absolute atomic E-state index is 0.0122. The Kier molecular flexibility index (Phi) is 5.05. The fourth-order valence-electron chi connectivity index (χ4n) is 2.77. The highest BCUT2D eigenvalue weighted by atomic mass is 16.2. The second-order valence-electron chi connectivity index (χ2n) is 6.11. The molecule has 0 spiro atoms. The number of anilines is 2. The molecule has 0 aliphatic carbocycles. The molecular formula is C16H23N7O. The molecule has 8 heteroatoms. The van der Waals surface area contributed by atoms with E-state index >= 15 is 0 Å². The molecule has 0 radical (unpaired) electrons. The lowest BCUT2D eigenvalue weighted by Crippen LogP contribution is -2.49. The number of carbonyl (C=O) groups is 1. The highest BCUT2D eigenvalue weighted by molar-refractivity contribution is 5.91. The van der Waals surface area contributed by atoms with E-state index in [9.17, 15) is 4.79 Å². The number of carbonyl (C=O) groups excluding carboxylic acids is 1. The van der Waals surface area contributed by atoms with E-state index in [-0.39, 0.29) is 11.9 Å². The third kappa shape index (κ3) is 3.88. The Bertz CT molecular complexity index is 662. The van der Waals surface area contributed by atoms with E-state index in [1.54, 1.807) is 18.6 Å². The summed E-state index contributed by atoms with van der Waals surface area (Å²) in [6, 6.07) is 3.85. The van der Waals surface area contributed by atoms with Gasteiger partial charge in [-0.05, 0) is 19.9 Å². The molecule has 2 aromatic heterocycles. The van der Waals surface area contributed by atoms with Gasteiger partial charge in [-0.3, -0.25) is 9.69 Å². The lowest BCUT2D eigenvalue weighted by Gasteiger charge is -2.34. The molecule has 24 heavy (non-hydrogen) atoms. The topological polar surface area (TPSA) is 79.2 Å². The molecule has 3 rings (SSSR count). The van der Waals surface area contributed by atoms with E-state index < -0.39 is 0 Å². The molecule has 3 heterocycles. The predicted octanol–water partition coefficient (Wildman–Crippen LogP) is 1.01. The molecule has 2 aromatic rings. The maximum absolute atomic E-state index is 12.3. The van der Waals surface area contributed by atoms with E-state index in [1.807, 2.05) is 30.7 Å². The molecule has 128 valence electrons. The molecule has 1 N–H and O–H groups in total. The number of nitrogens with zero attached hydrogens (tertiary/aromatic N) is 6. The summed E-state index contributed by atoms with van der Waals surface area (Å²) in [6.07, 6.45) is 5.20. The Morgan fingerprint density at radius 3 is 2.54 bits per heavy atom. The average molecular weight is 329 g/mol. The fourth-order valence-corrected chi connectivity index (χ4v) is 2.77. The first-order chi connectivity index (χ1) is 11.6. The van der Waals surface area contributed by atoms with E-state index in [2.05, 4.69) is 30.2 Å². The predicted molar refractivity (Wildman–Crippen MR) is 91.9 cm³/mol. The maximum atomic E-state index is 12.3. The Hall–Kier alpha value is -2.48. The molecule has 0 unspecified atom stereocenters. The summed E-state index contributed by atoms with van der Waals surface area (Å²) in [5, 5.41) is 7.17. The normalized spacial score (nSPS) is 15.7. The molecule has 1 fully saturated rings. The van der Waals surface area contributed by atoms with Gasteiger partial charge in [0.05, 0.1) is 12.7 Å². The molecule has 0 aromatic carbocycles. The van der Waals surface area contributed by atoms with E-state index in [1.165, 1.54) is 0 Å². The highest BCUT2D eigenvalue weighted by Crippen LogP contribution is 2.13. The Morgan fingerprint density at radius 1 is 1.17 bits per heavy atom. The van der Waals surface area contributed by atoms with E-state index in [0.717, 1.165) is 37.9 Å². The largest absolute Gasteiger partial charge is 0.338 e. The Labute approximate surface area is 141 Å². The lowest BCUT2D eigenvalue weighted by molar-refractivity contribution is -0.117. The second kappa shape index (κ2) is 7.39. The minimum atomic E-state index is -0.0122. The van der Waals surface area contributed by atoms with Gasteiger partial charge in [-0.2, -0.15) is 5.10 Å². The summed E-state index contributed by atoms with van der Waals surface area (Å²) in [7, 11) is 0. The molecule has 0 atom stereocenters. The zero-order valence-corrected chi connectivity index (χ0v) is 14.1. The van der Waals surface area contributed by atoms with Crippen molar-refractivity contribution in [3.63, 3.8) is 0 Å². The monoisotopic (exact) mass is 329 g/mol. The van der Waals surface area contributed by atoms with Gasteiger partial charge in [0, 0.05) is 50.7 Å². The summed E-state index contributed by atoms with van der Waals surface area (Å²) in [5.74, 6) is 1.48. The van der Waals surface area contributed by atoms with Gasteiger partial charge in [-0.25, -0.2) is 14.6 Å². The van der Waals surface area contributed by atoms with Crippen molar-refractivity contribution in [2.75, 3.05) is 42.9 Å². The number of hydrogen-bond acceptors (Lipinski definition) is 6. The fraction of sp³-hybridized carbons (Fsp3) is 0.500. The summed E-state index contributed by atoms with van der Waals surface area (Å²) < 4.78 is 1.81. The second-order valence-corrected chi connectivity index (χ2v) is 6.11. The third-order valence-corrected chi connectivity index (χ3v) is 4.00. The van der Waals surface area contributed by atoms with Crippen molar-refractivity contribution in [1.29, 1.82) is 0 Å². The van der Waals surface area contributed by atoms with Crippen LogP contribution in [0.5, 0.6) is 0 Å². The molecular weight excluding hydrogens is 306 g/mol. The number of hydrogen-bond donors (Lipinski definition) is 1. The first-order valence-electron chi connectivity index (χ1n) is 8.21. The molecule has 1 aliphatic heterocycles. The van der Waals surface area contributed by atoms with Crippen molar-refractivity contribution in [2.45, 2.75) is 19.9 Å². The first-order valence-corrected chi connectivity index (χ1v) is 8.21. The van der Waals surface area contributed by atoms with Crippen LogP contribution >= 0.6 is 0 Å². The van der Waals surface area contributed by atoms with Crippen LogP contribution in [0.15, 0.2) is 30.7 Å². The summed E-state index contributed by atoms with van der Waals surface area (Å²) in [6.45, 7) is 7.72. The molecule has 1 amide bonds. The van der Waals surface area contributed by atoms with Crippen LogP contribution in [0.2, 0.25) is 0 Å². The van der Waals surface area contributed by atoms with Gasteiger partial charge in [0.25, 0.3) is 0 Å². The number of amides is 1. The molecule has 0 saturated carbocycles. The van der Waals surface area contributed by atoms with Crippen LogP contribution in [0.4, 0.5) is 11.8 Å². The zero-order valence-electron chi connectivity index (χ0n) is 14.1. The zero-order chi connectivity index (χ0) is 16.9. The van der Waals surface area contributed by atoms with Gasteiger partial charge in [0.15, 0.2) is 0 Å². The van der Waals surface area contributed by atoms with Crippen LogP contribution in [-0.2, 0) is 4.79 Å². The summed E-state index contributed by atoms with van der Waals surface area (Å²) >= 11 is 0. The summed E-state index contributed by atoms with van der Waals surface area (Å²) in [4.78, 5) is 25.1. The van der Waals surface area contributed by atoms with Crippen LogP contribution in [-0.4, -0.2) is 63.3 Å². The van der Waals surface area contributed by atoms with Crippen molar-refractivity contribution in [3.8, 4) is 0 Å². The van der Waals surface area contributed by atoms with Crippen molar-refractivity contribution < 1.29 is 4.79 Å². The highest BCUT2D eigenvalue weighted by Gasteiger charge is 2.21. The van der Waals surface area contributed by atoms with Crippen molar-refractivity contribution >= 4 is 17.7 Å². The minimum Gasteiger partial charge on any atom is -0.338 e. The van der Waals surface area contributed by atoms with Crippen LogP contribution in [0.3, 0.4) is 0 Å². The van der Waals surface area contributed by atoms with Crippen molar-refractivity contribution in [2.24, 2.45) is 0 Å². The molecule has 1 aliphatic rings. The van der Waals surface area contributed by atoms with Gasteiger partial charge in [0.1, 0.15) is 5.82 Å². The lowest BCUT2D eigenvalue weighted by atomic mass is 10.3. The number of nitrogens with one attached hydrogen (secondary N) is 1. The van der Waals surface area contributed by atoms with E-state index in [0.29, 0.717) is 6.54 Å². The number of rotatable bonds is 5. The van der Waals surface area contributed by atoms with Crippen LogP contribution in [0, 0.1) is 0 Å². The smallest absolute Gasteiger partial charge is 0.239 e. The number of piperazine rings is 1. The first kappa shape index (κ1) is 16.4. The molecule has 8 nitrogen and oxygen atoms in total. The standard InChI is InChI=1S/C16H23N7O/c1-13(2)23-14(4-7-19-23)20-15(24)12-21-8-10-22(11-9-21)16-17-5-3-6-18-16/h3-7,13H,8-12H2,1-2H3,(H,20,24). The maximum Gasteiger partial charge on any atom is 0.239 e. The Balaban J connectivity index is 1.49. The van der Waals surface area contributed by atoms with Gasteiger partial charge >= 0.3 is 0 Å². The van der Waals surface area contributed by atoms with Crippen molar-refractivity contribution in [1.82, 2.24) is 24.6 Å². The van der Waals surface area contributed by atoms with Crippen LogP contribution < -0.4 is 10.2 Å². The van der Waals surface area contributed by atoms with E-state index in [4.69, 9.17) is 0 Å². The van der Waals surface area contributed by atoms with Gasteiger partial charge in [-0.1, -0.05) is 0 Å². The quantitative estimate of drug-likeness (QED) is 0.882. The van der Waals surface area contributed by atoms with Crippen LogP contribution in [0.1, 0.15) is 19.9 Å². The van der Waals surface area contributed by atoms with Gasteiger partial charge < -0.3 is 10.2 Å². The third-order valence-electron chi connectivity index (χ3n) is 4.00.